The molecule has 10 aliphatic rings. The van der Waals surface area contributed by atoms with Gasteiger partial charge >= 0.3 is 0 Å². The molecule has 4 saturated heterocycles. The van der Waals surface area contributed by atoms with Crippen molar-refractivity contribution in [1.29, 1.82) is 0 Å². The summed E-state index contributed by atoms with van der Waals surface area (Å²) in [5.74, 6) is 0.899. The predicted octanol–water partition coefficient (Wildman–Crippen LogP) is 2.21. The van der Waals surface area contributed by atoms with Crippen molar-refractivity contribution in [2.24, 2.45) is 11.8 Å². The molecule has 0 aromatic carbocycles. The molecule has 0 spiro atoms. The van der Waals surface area contributed by atoms with E-state index in [4.69, 9.17) is 0 Å². The summed E-state index contributed by atoms with van der Waals surface area (Å²) in [7, 11) is 0. The summed E-state index contributed by atoms with van der Waals surface area (Å²) >= 11 is 0. The molecule has 18 atom stereocenters. The number of hydrogen-bond acceptors (Lipinski definition) is 8. The quantitative estimate of drug-likeness (QED) is 0.205. The highest BCUT2D eigenvalue weighted by Gasteiger charge is 2.48. The van der Waals surface area contributed by atoms with E-state index in [1.165, 1.54) is 44.9 Å². The van der Waals surface area contributed by atoms with Crippen molar-refractivity contribution in [3.05, 3.63) is 72.9 Å². The first-order chi connectivity index (χ1) is 23.6. The molecule has 0 aliphatic carbocycles. The minimum atomic E-state index is 0.338. The van der Waals surface area contributed by atoms with Crippen LogP contribution in [0.5, 0.6) is 0 Å². The Hall–Kier alpha value is -1.88. The van der Waals surface area contributed by atoms with E-state index in [0.717, 1.165) is 19.3 Å². The molecule has 0 amide bonds. The van der Waals surface area contributed by atoms with Crippen molar-refractivity contribution >= 4 is 0 Å². The first-order valence-electron chi connectivity index (χ1n) is 19.8. The fourth-order valence-electron chi connectivity index (χ4n) is 11.7. The topological polar surface area (TPSA) is 96.2 Å². The van der Waals surface area contributed by atoms with Crippen molar-refractivity contribution in [3.8, 4) is 0 Å². The van der Waals surface area contributed by atoms with Crippen LogP contribution in [-0.2, 0) is 0 Å². The highest BCUT2D eigenvalue weighted by molar-refractivity contribution is 5.26. The lowest BCUT2D eigenvalue weighted by molar-refractivity contribution is 0.160. The van der Waals surface area contributed by atoms with Crippen LogP contribution in [0.4, 0.5) is 0 Å². The van der Waals surface area contributed by atoms with Crippen LogP contribution in [0.15, 0.2) is 72.9 Å². The fourth-order valence-corrected chi connectivity index (χ4v) is 11.7. The Balaban J connectivity index is 0.952. The van der Waals surface area contributed by atoms with Crippen LogP contribution in [-0.4, -0.2) is 96.7 Å². The van der Waals surface area contributed by atoms with Gasteiger partial charge in [-0.1, -0.05) is 72.9 Å². The molecule has 10 rings (SSSR count). The molecule has 0 saturated carbocycles. The van der Waals surface area contributed by atoms with E-state index >= 15 is 0 Å². The van der Waals surface area contributed by atoms with Crippen LogP contribution in [0.2, 0.25) is 0 Å². The zero-order chi connectivity index (χ0) is 31.6. The Morgan fingerprint density at radius 1 is 0.271 bits per heavy atom. The third-order valence-corrected chi connectivity index (χ3v) is 13.8. The van der Waals surface area contributed by atoms with E-state index in [9.17, 15) is 0 Å². The third-order valence-electron chi connectivity index (χ3n) is 13.8. The Bertz CT molecular complexity index is 1370. The molecule has 8 heteroatoms. The van der Waals surface area contributed by atoms with Gasteiger partial charge in [0.1, 0.15) is 0 Å². The molecule has 10 aliphatic heterocycles. The van der Waals surface area contributed by atoms with Gasteiger partial charge in [-0.3, -0.25) is 0 Å². The molecule has 0 aromatic heterocycles. The summed E-state index contributed by atoms with van der Waals surface area (Å²) in [5, 5.41) is 32.9. The molecule has 18 unspecified atom stereocenters. The van der Waals surface area contributed by atoms with E-state index < -0.39 is 0 Å². The minimum absolute atomic E-state index is 0.338. The molecule has 0 aromatic rings. The lowest BCUT2D eigenvalue weighted by Crippen LogP contribution is -2.59. The fraction of sp³-hybridized carbons (Fsp3) is 0.700. The number of rotatable bonds is 1. The van der Waals surface area contributed by atoms with E-state index in [0.29, 0.717) is 109 Å². The highest BCUT2D eigenvalue weighted by atomic mass is 15.1. The molecule has 8 nitrogen and oxygen atoms in total. The molecular formula is C40H58N8. The van der Waals surface area contributed by atoms with Crippen molar-refractivity contribution < 1.29 is 0 Å². The average molecular weight is 651 g/mol. The Kier molecular flexibility index (Phi) is 8.39. The second kappa shape index (κ2) is 13.0. The van der Waals surface area contributed by atoms with E-state index in [1.54, 1.807) is 0 Å². The average Bonchev–Trinajstić information content (AvgIpc) is 3.91. The van der Waals surface area contributed by atoms with E-state index in [1.807, 2.05) is 0 Å². The van der Waals surface area contributed by atoms with Gasteiger partial charge in [0, 0.05) is 103 Å². The van der Waals surface area contributed by atoms with Crippen LogP contribution in [0.1, 0.15) is 64.2 Å². The van der Waals surface area contributed by atoms with Crippen molar-refractivity contribution in [3.63, 3.8) is 0 Å². The van der Waals surface area contributed by atoms with Gasteiger partial charge in [0.2, 0.25) is 0 Å². The summed E-state index contributed by atoms with van der Waals surface area (Å²) in [6.07, 6.45) is 41.9. The summed E-state index contributed by atoms with van der Waals surface area (Å²) in [4.78, 5) is 0. The minimum Gasteiger partial charge on any atom is -0.311 e. The van der Waals surface area contributed by atoms with Crippen LogP contribution in [0, 0.1) is 11.8 Å². The van der Waals surface area contributed by atoms with Gasteiger partial charge in [-0.25, -0.2) is 0 Å². The Morgan fingerprint density at radius 2 is 0.604 bits per heavy atom. The lowest BCUT2D eigenvalue weighted by atomic mass is 9.72. The molecule has 258 valence electrons. The largest absolute Gasteiger partial charge is 0.311 e. The maximum absolute atomic E-state index is 4.29. The maximum atomic E-state index is 4.29. The van der Waals surface area contributed by atoms with E-state index in [2.05, 4.69) is 115 Å². The molecular weight excluding hydrogens is 592 g/mol. The smallest absolute Gasteiger partial charge is 0.0306 e. The first kappa shape index (κ1) is 30.9. The van der Waals surface area contributed by atoms with Crippen LogP contribution in [0.3, 0.4) is 0 Å². The molecule has 0 radical (unpaired) electrons. The van der Waals surface area contributed by atoms with Crippen LogP contribution in [0.25, 0.3) is 0 Å². The lowest BCUT2D eigenvalue weighted by Gasteiger charge is -2.43. The standard InChI is InChI=1S/C40H58N8/c1-5-27-19-31-9-13-35(45-31)39(36-14-10-32(46-36)20-28-6-2-24(42-28)17-23(1)41-27)40-37-15-11-33(47-37)21-29-7-3-25(43-29)18-26-4-8-30(44-26)22-34-12-16-38(40)48-34/h1-3,5-7,9,11-13,15-16,23-48H,4,8,10,14,17-22H2. The zero-order valence-corrected chi connectivity index (χ0v) is 28.4. The molecule has 16 bridgehead atoms. The monoisotopic (exact) mass is 650 g/mol. The SMILES string of the molecule is C1=CC2CC3C=CC(N3)C(C3C4C=CC(CC5C=CC(CC6CCC(CC7C=CC3N7)N6)N5)N4)C3CCC(CC4C=CC(CC1N2)N4)N3. The van der Waals surface area contributed by atoms with Gasteiger partial charge in [-0.15, -0.1) is 0 Å². The zero-order valence-electron chi connectivity index (χ0n) is 28.4. The summed E-state index contributed by atoms with van der Waals surface area (Å²) in [6.45, 7) is 0. The summed E-state index contributed by atoms with van der Waals surface area (Å²) in [5.41, 5.74) is 0. The predicted molar refractivity (Wildman–Crippen MR) is 194 cm³/mol. The van der Waals surface area contributed by atoms with Gasteiger partial charge < -0.3 is 42.5 Å². The van der Waals surface area contributed by atoms with Gasteiger partial charge in [0.15, 0.2) is 0 Å². The Labute approximate surface area is 287 Å². The second-order valence-electron chi connectivity index (χ2n) is 17.1. The number of fused-ring (bicyclic) bond motifs is 16. The van der Waals surface area contributed by atoms with Crippen LogP contribution >= 0.6 is 0 Å². The molecule has 8 N–H and O–H groups in total. The van der Waals surface area contributed by atoms with Crippen molar-refractivity contribution in [2.75, 3.05) is 0 Å². The molecule has 10 heterocycles. The normalized spacial score (nSPS) is 53.5. The highest BCUT2D eigenvalue weighted by Crippen LogP contribution is 2.39. The van der Waals surface area contributed by atoms with Gasteiger partial charge in [-0.2, -0.15) is 0 Å². The number of nitrogens with one attached hydrogen (secondary N) is 8. The second-order valence-corrected chi connectivity index (χ2v) is 17.1. The summed E-state index contributed by atoms with van der Waals surface area (Å²) in [6, 6.07) is 7.32. The van der Waals surface area contributed by atoms with Crippen molar-refractivity contribution in [2.45, 2.75) is 161 Å². The van der Waals surface area contributed by atoms with Crippen molar-refractivity contribution in [1.82, 2.24) is 42.5 Å². The van der Waals surface area contributed by atoms with Gasteiger partial charge in [-0.05, 0) is 70.1 Å². The molecule has 4 fully saturated rings. The summed E-state index contributed by atoms with van der Waals surface area (Å²) < 4.78 is 0. The number of hydrogen-bond donors (Lipinski definition) is 8. The Morgan fingerprint density at radius 3 is 1.08 bits per heavy atom. The van der Waals surface area contributed by atoms with E-state index in [-0.39, 0.29) is 0 Å². The molecule has 48 heavy (non-hydrogen) atoms. The maximum Gasteiger partial charge on any atom is 0.0306 e. The third kappa shape index (κ3) is 6.30. The van der Waals surface area contributed by atoms with Gasteiger partial charge in [0.05, 0.1) is 0 Å². The van der Waals surface area contributed by atoms with Crippen LogP contribution < -0.4 is 42.5 Å². The van der Waals surface area contributed by atoms with Gasteiger partial charge in [0.25, 0.3) is 0 Å². The first-order valence-corrected chi connectivity index (χ1v) is 19.8.